The van der Waals surface area contributed by atoms with E-state index in [1.165, 1.54) is 0 Å². The second-order valence-corrected chi connectivity index (χ2v) is 4.95. The van der Waals surface area contributed by atoms with Gasteiger partial charge < -0.3 is 20.2 Å². The third-order valence-corrected chi connectivity index (χ3v) is 3.27. The van der Waals surface area contributed by atoms with Gasteiger partial charge in [-0.1, -0.05) is 0 Å². The van der Waals surface area contributed by atoms with Crippen molar-refractivity contribution < 1.29 is 9.15 Å². The highest BCUT2D eigenvalue weighted by Gasteiger charge is 2.07. The largest absolute Gasteiger partial charge is 0.497 e. The van der Waals surface area contributed by atoms with Gasteiger partial charge in [0, 0.05) is 18.7 Å². The molecule has 0 bridgehead atoms. The molecule has 2 heterocycles. The predicted molar refractivity (Wildman–Crippen MR) is 106 cm³/mol. The van der Waals surface area contributed by atoms with Crippen LogP contribution in [0.1, 0.15) is 5.82 Å². The van der Waals surface area contributed by atoms with Gasteiger partial charge in [-0.25, -0.2) is 4.98 Å². The van der Waals surface area contributed by atoms with Crippen molar-refractivity contribution in [1.29, 1.82) is 0 Å². The number of aliphatic imine (C=N–C) groups is 1. The minimum atomic E-state index is 0. The van der Waals surface area contributed by atoms with Crippen LogP contribution < -0.4 is 15.8 Å². The van der Waals surface area contributed by atoms with E-state index in [1.807, 2.05) is 30.3 Å². The molecule has 4 N–H and O–H groups in total. The molecule has 0 radical (unpaired) electrons. The Labute approximate surface area is 161 Å². The summed E-state index contributed by atoms with van der Waals surface area (Å²) in [5.41, 5.74) is 6.71. The molecule has 8 nitrogen and oxygen atoms in total. The van der Waals surface area contributed by atoms with Gasteiger partial charge in [0.05, 0.1) is 13.4 Å². The average Bonchev–Trinajstić information content (AvgIpc) is 3.27. The van der Waals surface area contributed by atoms with E-state index in [1.54, 1.807) is 19.4 Å². The van der Waals surface area contributed by atoms with Gasteiger partial charge in [0.15, 0.2) is 11.7 Å². The molecule has 2 aromatic heterocycles. The maximum atomic E-state index is 5.87. The molecule has 0 aliphatic rings. The van der Waals surface area contributed by atoms with Gasteiger partial charge in [0.1, 0.15) is 11.6 Å². The van der Waals surface area contributed by atoms with Gasteiger partial charge in [0.2, 0.25) is 5.82 Å². The third kappa shape index (κ3) is 5.21. The molecule has 0 fully saturated rings. The van der Waals surface area contributed by atoms with Crippen LogP contribution in [0.5, 0.6) is 5.75 Å². The second kappa shape index (κ2) is 9.06. The molecule has 9 heteroatoms. The van der Waals surface area contributed by atoms with E-state index >= 15 is 0 Å². The zero-order valence-electron chi connectivity index (χ0n) is 13.6. The molecule has 25 heavy (non-hydrogen) atoms. The summed E-state index contributed by atoms with van der Waals surface area (Å²) in [6.45, 7) is 0.488. The quantitative estimate of drug-likeness (QED) is 0.300. The van der Waals surface area contributed by atoms with Crippen LogP contribution in [0.25, 0.3) is 11.6 Å². The van der Waals surface area contributed by atoms with Crippen molar-refractivity contribution in [1.82, 2.24) is 15.2 Å². The van der Waals surface area contributed by atoms with Crippen molar-refractivity contribution in [3.63, 3.8) is 0 Å². The fourth-order valence-corrected chi connectivity index (χ4v) is 2.07. The normalized spacial score (nSPS) is 11.0. The zero-order chi connectivity index (χ0) is 16.8. The number of aromatic nitrogens is 3. The maximum Gasteiger partial charge on any atom is 0.216 e. The molecule has 0 saturated carbocycles. The van der Waals surface area contributed by atoms with E-state index in [0.717, 1.165) is 17.3 Å². The summed E-state index contributed by atoms with van der Waals surface area (Å²) in [6, 6.07) is 11.0. The number of nitrogens with zero attached hydrogens (tertiary/aromatic N) is 3. The van der Waals surface area contributed by atoms with E-state index in [2.05, 4.69) is 25.5 Å². The molecule has 3 aromatic rings. The lowest BCUT2D eigenvalue weighted by Crippen LogP contribution is -2.23. The average molecular weight is 454 g/mol. The highest BCUT2D eigenvalue weighted by atomic mass is 127. The van der Waals surface area contributed by atoms with E-state index in [0.29, 0.717) is 30.5 Å². The standard InChI is InChI=1S/C16H18N6O2.HI/c1-23-12-6-4-11(5-7-12)19-16(17)18-9-8-14-20-15(22-21-14)13-3-2-10-24-13;/h2-7,10H,8-9H2,1H3,(H3,17,18,19)(H,20,21,22);1H. The minimum absolute atomic E-state index is 0. The Morgan fingerprint density at radius 1 is 1.32 bits per heavy atom. The third-order valence-electron chi connectivity index (χ3n) is 3.27. The summed E-state index contributed by atoms with van der Waals surface area (Å²) in [6.07, 6.45) is 2.18. The first kappa shape index (κ1) is 18.8. The number of rotatable bonds is 6. The number of ether oxygens (including phenoxy) is 1. The number of methoxy groups -OCH3 is 1. The monoisotopic (exact) mass is 454 g/mol. The van der Waals surface area contributed by atoms with E-state index in [4.69, 9.17) is 14.9 Å². The van der Waals surface area contributed by atoms with Gasteiger partial charge in [-0.2, -0.15) is 5.10 Å². The van der Waals surface area contributed by atoms with Crippen LogP contribution >= 0.6 is 24.0 Å². The lowest BCUT2D eigenvalue weighted by atomic mass is 10.3. The Balaban J connectivity index is 0.00000225. The van der Waals surface area contributed by atoms with Gasteiger partial charge in [-0.05, 0) is 36.4 Å². The van der Waals surface area contributed by atoms with E-state index in [9.17, 15) is 0 Å². The minimum Gasteiger partial charge on any atom is -0.497 e. The molecule has 0 saturated heterocycles. The van der Waals surface area contributed by atoms with Crippen molar-refractivity contribution in [3.05, 3.63) is 48.5 Å². The van der Waals surface area contributed by atoms with Crippen LogP contribution in [0.4, 0.5) is 5.69 Å². The molecule has 0 aliphatic heterocycles. The molecule has 0 spiro atoms. The highest BCUT2D eigenvalue weighted by Crippen LogP contribution is 2.15. The first-order valence-corrected chi connectivity index (χ1v) is 7.41. The van der Waals surface area contributed by atoms with Crippen LogP contribution in [-0.2, 0) is 6.42 Å². The molecular formula is C16H19IN6O2. The Morgan fingerprint density at radius 2 is 2.12 bits per heavy atom. The van der Waals surface area contributed by atoms with Crippen LogP contribution in [0.2, 0.25) is 0 Å². The van der Waals surface area contributed by atoms with Crippen molar-refractivity contribution in [2.45, 2.75) is 6.42 Å². The first-order chi connectivity index (χ1) is 11.7. The van der Waals surface area contributed by atoms with E-state index in [-0.39, 0.29) is 24.0 Å². The number of guanidine groups is 1. The predicted octanol–water partition coefficient (Wildman–Crippen LogP) is 2.66. The Morgan fingerprint density at radius 3 is 2.80 bits per heavy atom. The van der Waals surface area contributed by atoms with Crippen LogP contribution in [-0.4, -0.2) is 34.8 Å². The van der Waals surface area contributed by atoms with Crippen molar-refractivity contribution in [3.8, 4) is 17.3 Å². The fraction of sp³-hybridized carbons (Fsp3) is 0.188. The zero-order valence-corrected chi connectivity index (χ0v) is 15.9. The van der Waals surface area contributed by atoms with Gasteiger partial charge in [0.25, 0.3) is 0 Å². The lowest BCUT2D eigenvalue weighted by Gasteiger charge is -2.06. The summed E-state index contributed by atoms with van der Waals surface area (Å²) >= 11 is 0. The molecule has 132 valence electrons. The molecule has 0 aliphatic carbocycles. The van der Waals surface area contributed by atoms with E-state index < -0.39 is 0 Å². The number of hydrogen-bond acceptors (Lipinski definition) is 5. The lowest BCUT2D eigenvalue weighted by molar-refractivity contribution is 0.415. The van der Waals surface area contributed by atoms with Crippen molar-refractivity contribution in [2.75, 3.05) is 19.0 Å². The number of furan rings is 1. The Kier molecular flexibility index (Phi) is 6.81. The van der Waals surface area contributed by atoms with Crippen molar-refractivity contribution >= 4 is 35.6 Å². The topological polar surface area (TPSA) is 114 Å². The highest BCUT2D eigenvalue weighted by molar-refractivity contribution is 14.0. The van der Waals surface area contributed by atoms with Crippen LogP contribution in [0.15, 0.2) is 52.1 Å². The second-order valence-electron chi connectivity index (χ2n) is 4.95. The molecule has 0 atom stereocenters. The number of H-pyrrole nitrogens is 1. The molecule has 1 aromatic carbocycles. The summed E-state index contributed by atoms with van der Waals surface area (Å²) < 4.78 is 10.4. The molecule has 0 amide bonds. The number of nitrogens with one attached hydrogen (secondary N) is 2. The SMILES string of the molecule is COc1ccc(NC(N)=NCCc2nc(-c3ccco3)n[nH]2)cc1.I. The maximum absolute atomic E-state index is 5.87. The van der Waals surface area contributed by atoms with Gasteiger partial charge >= 0.3 is 0 Å². The molecule has 3 rings (SSSR count). The van der Waals surface area contributed by atoms with Gasteiger partial charge in [-0.3, -0.25) is 10.1 Å². The first-order valence-electron chi connectivity index (χ1n) is 7.41. The summed E-state index contributed by atoms with van der Waals surface area (Å²) in [5, 5.41) is 9.99. The van der Waals surface area contributed by atoms with Gasteiger partial charge in [-0.15, -0.1) is 24.0 Å². The number of aromatic amines is 1. The summed E-state index contributed by atoms with van der Waals surface area (Å²) in [5.74, 6) is 3.01. The molecular weight excluding hydrogens is 435 g/mol. The smallest absolute Gasteiger partial charge is 0.216 e. The molecule has 0 unspecified atom stereocenters. The fourth-order valence-electron chi connectivity index (χ4n) is 2.07. The summed E-state index contributed by atoms with van der Waals surface area (Å²) in [4.78, 5) is 8.62. The van der Waals surface area contributed by atoms with Crippen LogP contribution in [0, 0.1) is 0 Å². The van der Waals surface area contributed by atoms with Crippen molar-refractivity contribution in [2.24, 2.45) is 10.7 Å². The Hall–Kier alpha value is -2.56. The number of hydrogen-bond donors (Lipinski definition) is 3. The Bertz CT molecular complexity index is 798. The number of anilines is 1. The van der Waals surface area contributed by atoms with Crippen LogP contribution in [0.3, 0.4) is 0 Å². The number of halogens is 1. The number of nitrogens with two attached hydrogens (primary N) is 1. The number of benzene rings is 1. The summed E-state index contributed by atoms with van der Waals surface area (Å²) in [7, 11) is 1.62.